The number of benzene rings is 1. The van der Waals surface area contributed by atoms with Crippen LogP contribution in [0.4, 0.5) is 5.69 Å². The van der Waals surface area contributed by atoms with Gasteiger partial charge in [0.15, 0.2) is 0 Å². The SMILES string of the molecule is COc1cc(Cl)c(C)cc1NCC1CCC1. The van der Waals surface area contributed by atoms with Crippen LogP contribution in [0.2, 0.25) is 5.02 Å². The minimum absolute atomic E-state index is 0.756. The van der Waals surface area contributed by atoms with Crippen LogP contribution in [0.15, 0.2) is 12.1 Å². The van der Waals surface area contributed by atoms with E-state index in [1.54, 1.807) is 7.11 Å². The Morgan fingerprint density at radius 3 is 2.75 bits per heavy atom. The number of rotatable bonds is 4. The van der Waals surface area contributed by atoms with Crippen molar-refractivity contribution in [2.24, 2.45) is 5.92 Å². The van der Waals surface area contributed by atoms with Gasteiger partial charge >= 0.3 is 0 Å². The maximum Gasteiger partial charge on any atom is 0.143 e. The molecule has 0 unspecified atom stereocenters. The summed E-state index contributed by atoms with van der Waals surface area (Å²) in [5.74, 6) is 1.66. The molecule has 0 bridgehead atoms. The van der Waals surface area contributed by atoms with Crippen LogP contribution in [0.3, 0.4) is 0 Å². The maximum absolute atomic E-state index is 6.06. The molecule has 0 aliphatic heterocycles. The summed E-state index contributed by atoms with van der Waals surface area (Å²) < 4.78 is 5.32. The normalized spacial score (nSPS) is 15.7. The molecule has 2 nitrogen and oxygen atoms in total. The van der Waals surface area contributed by atoms with Crippen molar-refractivity contribution >= 4 is 17.3 Å². The molecule has 0 atom stereocenters. The van der Waals surface area contributed by atoms with Crippen LogP contribution in [0.1, 0.15) is 24.8 Å². The van der Waals surface area contributed by atoms with Crippen molar-refractivity contribution in [2.45, 2.75) is 26.2 Å². The lowest BCUT2D eigenvalue weighted by Gasteiger charge is -2.26. The quantitative estimate of drug-likeness (QED) is 0.861. The highest BCUT2D eigenvalue weighted by Gasteiger charge is 2.17. The summed E-state index contributed by atoms with van der Waals surface area (Å²) in [7, 11) is 1.68. The predicted octanol–water partition coefficient (Wildman–Crippen LogP) is 3.87. The minimum Gasteiger partial charge on any atom is -0.495 e. The molecule has 1 saturated carbocycles. The summed E-state index contributed by atoms with van der Waals surface area (Å²) in [5, 5.41) is 4.21. The first kappa shape index (κ1) is 11.6. The van der Waals surface area contributed by atoms with Crippen LogP contribution in [-0.2, 0) is 0 Å². The second kappa shape index (κ2) is 4.96. The molecule has 1 aliphatic carbocycles. The van der Waals surface area contributed by atoms with E-state index in [9.17, 15) is 0 Å². The first-order valence-corrected chi connectivity index (χ1v) is 6.16. The van der Waals surface area contributed by atoms with Gasteiger partial charge in [-0.3, -0.25) is 0 Å². The molecular formula is C13H18ClNO. The Hall–Kier alpha value is -0.890. The van der Waals surface area contributed by atoms with Gasteiger partial charge in [0.1, 0.15) is 5.75 Å². The minimum atomic E-state index is 0.756. The molecule has 1 aromatic carbocycles. The van der Waals surface area contributed by atoms with Crippen molar-refractivity contribution < 1.29 is 4.74 Å². The largest absolute Gasteiger partial charge is 0.495 e. The molecule has 1 aliphatic rings. The number of nitrogens with one attached hydrogen (secondary N) is 1. The standard InChI is InChI=1S/C13H18ClNO/c1-9-6-12(13(16-2)7-11(9)14)15-8-10-4-3-5-10/h6-7,10,15H,3-5,8H2,1-2H3. The molecule has 3 heteroatoms. The first-order chi connectivity index (χ1) is 7.70. The van der Waals surface area contributed by atoms with E-state index in [0.29, 0.717) is 0 Å². The molecule has 0 heterocycles. The fourth-order valence-corrected chi connectivity index (χ4v) is 2.08. The highest BCUT2D eigenvalue weighted by atomic mass is 35.5. The number of aryl methyl sites for hydroxylation is 1. The fourth-order valence-electron chi connectivity index (χ4n) is 1.92. The molecule has 0 amide bonds. The van der Waals surface area contributed by atoms with Crippen molar-refractivity contribution in [3.05, 3.63) is 22.7 Å². The molecular weight excluding hydrogens is 222 g/mol. The van der Waals surface area contributed by atoms with E-state index in [1.165, 1.54) is 19.3 Å². The molecule has 0 saturated heterocycles. The van der Waals surface area contributed by atoms with Gasteiger partial charge in [-0.2, -0.15) is 0 Å². The Bertz CT molecular complexity index is 374. The van der Waals surface area contributed by atoms with E-state index in [4.69, 9.17) is 16.3 Å². The molecule has 1 fully saturated rings. The third-order valence-corrected chi connectivity index (χ3v) is 3.69. The van der Waals surface area contributed by atoms with Gasteiger partial charge in [0.05, 0.1) is 12.8 Å². The smallest absolute Gasteiger partial charge is 0.143 e. The van der Waals surface area contributed by atoms with Crippen LogP contribution < -0.4 is 10.1 Å². The van der Waals surface area contributed by atoms with Gasteiger partial charge in [-0.1, -0.05) is 18.0 Å². The van der Waals surface area contributed by atoms with Gasteiger partial charge in [0, 0.05) is 17.6 Å². The van der Waals surface area contributed by atoms with Crippen molar-refractivity contribution in [3.63, 3.8) is 0 Å². The lowest BCUT2D eigenvalue weighted by molar-refractivity contribution is 0.332. The Morgan fingerprint density at radius 2 is 2.19 bits per heavy atom. The van der Waals surface area contributed by atoms with E-state index in [1.807, 2.05) is 13.0 Å². The Morgan fingerprint density at radius 1 is 1.44 bits per heavy atom. The highest BCUT2D eigenvalue weighted by Crippen LogP contribution is 2.32. The molecule has 2 rings (SSSR count). The van der Waals surface area contributed by atoms with E-state index >= 15 is 0 Å². The van der Waals surface area contributed by atoms with Gasteiger partial charge in [0.25, 0.3) is 0 Å². The number of anilines is 1. The van der Waals surface area contributed by atoms with Gasteiger partial charge < -0.3 is 10.1 Å². The number of hydrogen-bond acceptors (Lipinski definition) is 2. The lowest BCUT2D eigenvalue weighted by atomic mass is 9.85. The summed E-state index contributed by atoms with van der Waals surface area (Å²) >= 11 is 6.06. The maximum atomic E-state index is 6.06. The van der Waals surface area contributed by atoms with E-state index in [-0.39, 0.29) is 0 Å². The molecule has 88 valence electrons. The molecule has 0 radical (unpaired) electrons. The summed E-state index contributed by atoms with van der Waals surface area (Å²) in [6, 6.07) is 3.93. The predicted molar refractivity (Wildman–Crippen MR) is 68.6 cm³/mol. The third kappa shape index (κ3) is 2.43. The number of ether oxygens (including phenoxy) is 1. The van der Waals surface area contributed by atoms with Crippen molar-refractivity contribution in [3.8, 4) is 5.75 Å². The zero-order chi connectivity index (χ0) is 11.5. The summed E-state index contributed by atoms with van der Waals surface area (Å²) in [4.78, 5) is 0. The van der Waals surface area contributed by atoms with Crippen LogP contribution in [-0.4, -0.2) is 13.7 Å². The second-order valence-electron chi connectivity index (χ2n) is 4.48. The average molecular weight is 240 g/mol. The average Bonchev–Trinajstić information content (AvgIpc) is 2.20. The van der Waals surface area contributed by atoms with Gasteiger partial charge in [-0.05, 0) is 37.3 Å². The van der Waals surface area contributed by atoms with Crippen molar-refractivity contribution in [1.82, 2.24) is 0 Å². The Kier molecular flexibility index (Phi) is 3.59. The Balaban J connectivity index is 2.08. The van der Waals surface area contributed by atoms with Crippen molar-refractivity contribution in [1.29, 1.82) is 0 Å². The second-order valence-corrected chi connectivity index (χ2v) is 4.89. The van der Waals surface area contributed by atoms with Crippen LogP contribution in [0, 0.1) is 12.8 Å². The van der Waals surface area contributed by atoms with E-state index in [2.05, 4.69) is 11.4 Å². The van der Waals surface area contributed by atoms with Crippen LogP contribution >= 0.6 is 11.6 Å². The topological polar surface area (TPSA) is 21.3 Å². The zero-order valence-electron chi connectivity index (χ0n) is 9.85. The van der Waals surface area contributed by atoms with Gasteiger partial charge in [0.2, 0.25) is 0 Å². The molecule has 0 spiro atoms. The van der Waals surface area contributed by atoms with Crippen LogP contribution in [0.5, 0.6) is 5.75 Å². The zero-order valence-corrected chi connectivity index (χ0v) is 10.6. The monoisotopic (exact) mass is 239 g/mol. The highest BCUT2D eigenvalue weighted by molar-refractivity contribution is 6.31. The van der Waals surface area contributed by atoms with Crippen LogP contribution in [0.25, 0.3) is 0 Å². The van der Waals surface area contributed by atoms with E-state index in [0.717, 1.165) is 34.5 Å². The van der Waals surface area contributed by atoms with Gasteiger partial charge in [-0.15, -0.1) is 0 Å². The number of halogens is 1. The fraction of sp³-hybridized carbons (Fsp3) is 0.538. The first-order valence-electron chi connectivity index (χ1n) is 5.78. The summed E-state index contributed by atoms with van der Waals surface area (Å²) in [5.41, 5.74) is 2.13. The van der Waals surface area contributed by atoms with Gasteiger partial charge in [-0.25, -0.2) is 0 Å². The summed E-state index contributed by atoms with van der Waals surface area (Å²) in [6.07, 6.45) is 4.08. The third-order valence-electron chi connectivity index (χ3n) is 3.29. The van der Waals surface area contributed by atoms with Crippen molar-refractivity contribution in [2.75, 3.05) is 19.0 Å². The molecule has 1 aromatic rings. The lowest BCUT2D eigenvalue weighted by Crippen LogP contribution is -2.21. The van der Waals surface area contributed by atoms with E-state index < -0.39 is 0 Å². The number of hydrogen-bond donors (Lipinski definition) is 1. The molecule has 1 N–H and O–H groups in total. The molecule has 16 heavy (non-hydrogen) atoms. The summed E-state index contributed by atoms with van der Waals surface area (Å²) in [6.45, 7) is 3.05. The number of methoxy groups -OCH3 is 1. The molecule has 0 aromatic heterocycles. The Labute approximate surface area is 102 Å².